The lowest BCUT2D eigenvalue weighted by Gasteiger charge is -2.08. The Kier molecular flexibility index (Phi) is 5.87. The van der Waals surface area contributed by atoms with Gasteiger partial charge >= 0.3 is 12.1 Å². The minimum Gasteiger partial charge on any atom is -0.477 e. The van der Waals surface area contributed by atoms with Crippen LogP contribution >= 0.6 is 15.9 Å². The number of alkyl carbamates (subject to hydrolysis) is 1. The van der Waals surface area contributed by atoms with Crippen molar-refractivity contribution in [2.75, 3.05) is 0 Å². The summed E-state index contributed by atoms with van der Waals surface area (Å²) in [6.45, 7) is 0.0541. The smallest absolute Gasteiger partial charge is 0.412 e. The quantitative estimate of drug-likeness (QED) is 0.782. The van der Waals surface area contributed by atoms with Gasteiger partial charge in [0.25, 0.3) is 0 Å². The van der Waals surface area contributed by atoms with Crippen LogP contribution in [0.4, 0.5) is 4.79 Å². The Morgan fingerprint density at radius 2 is 2.00 bits per heavy atom. The number of hydrogen-bond donors (Lipinski definition) is 2. The average molecular weight is 377 g/mol. The van der Waals surface area contributed by atoms with E-state index < -0.39 is 12.1 Å². The molecule has 0 saturated heterocycles. The molecule has 0 unspecified atom stereocenters. The summed E-state index contributed by atoms with van der Waals surface area (Å²) in [4.78, 5) is 26.9. The highest BCUT2D eigenvalue weighted by molar-refractivity contribution is 9.10. The summed E-state index contributed by atoms with van der Waals surface area (Å²) in [7, 11) is 0. The number of rotatable bonds is 5. The summed E-state index contributed by atoms with van der Waals surface area (Å²) in [6.07, 6.45) is 3.52. The molecule has 0 fully saturated rings. The van der Waals surface area contributed by atoms with Gasteiger partial charge in [-0.2, -0.15) is 0 Å². The lowest BCUT2D eigenvalue weighted by Crippen LogP contribution is -2.27. The molecule has 0 atom stereocenters. The summed E-state index contributed by atoms with van der Waals surface area (Å²) in [5.74, 6) is -1.27. The minimum absolute atomic E-state index is 0.0541. The molecule has 1 heterocycles. The number of amides is 1. The molecule has 1 aromatic heterocycles. The van der Waals surface area contributed by atoms with Gasteiger partial charge in [-0.05, 0) is 39.2 Å². The van der Waals surface area contributed by atoms with E-state index in [1.165, 1.54) is 18.5 Å². The maximum absolute atomic E-state index is 11.7. The first-order valence-corrected chi connectivity index (χ1v) is 7.38. The molecule has 0 aliphatic rings. The summed E-state index contributed by atoms with van der Waals surface area (Å²) in [5, 5.41) is 11.4. The number of halogens is 1. The number of aromatic nitrogens is 1. The van der Waals surface area contributed by atoms with E-state index in [0.29, 0.717) is 10.0 Å². The molecular weight excluding hydrogens is 364 g/mol. The maximum Gasteiger partial charge on any atom is 0.412 e. The fourth-order valence-corrected chi connectivity index (χ4v) is 2.04. The van der Waals surface area contributed by atoms with E-state index in [1.807, 2.05) is 18.2 Å². The zero-order chi connectivity index (χ0) is 16.7. The molecule has 23 heavy (non-hydrogen) atoms. The number of nitrogens with one attached hydrogen (secondary N) is 1. The van der Waals surface area contributed by atoms with Crippen LogP contribution in [-0.2, 0) is 16.1 Å². The van der Waals surface area contributed by atoms with Crippen LogP contribution in [0.25, 0.3) is 6.08 Å². The zero-order valence-corrected chi connectivity index (χ0v) is 13.5. The van der Waals surface area contributed by atoms with Gasteiger partial charge in [-0.15, -0.1) is 0 Å². The van der Waals surface area contributed by atoms with Gasteiger partial charge in [0.05, 0.1) is 0 Å². The molecule has 0 saturated carbocycles. The number of hydrogen-bond acceptors (Lipinski definition) is 4. The van der Waals surface area contributed by atoms with Crippen LogP contribution in [0.5, 0.6) is 0 Å². The number of pyridine rings is 1. The molecule has 2 N–H and O–H groups in total. The number of aliphatic carboxylic acids is 1. The van der Waals surface area contributed by atoms with Crippen LogP contribution in [0, 0.1) is 0 Å². The molecule has 1 aromatic carbocycles. The highest BCUT2D eigenvalue weighted by atomic mass is 79.9. The Balaban J connectivity index is 2.03. The zero-order valence-electron chi connectivity index (χ0n) is 11.9. The van der Waals surface area contributed by atoms with Gasteiger partial charge in [-0.3, -0.25) is 10.3 Å². The average Bonchev–Trinajstić information content (AvgIpc) is 2.55. The second-order valence-corrected chi connectivity index (χ2v) is 5.30. The van der Waals surface area contributed by atoms with Gasteiger partial charge in [0.2, 0.25) is 0 Å². The molecule has 0 radical (unpaired) electrons. The molecular formula is C16H13BrN2O4. The van der Waals surface area contributed by atoms with Gasteiger partial charge in [0, 0.05) is 16.9 Å². The Labute approximate surface area is 140 Å². The van der Waals surface area contributed by atoms with Gasteiger partial charge in [-0.1, -0.05) is 30.3 Å². The van der Waals surface area contributed by atoms with Crippen LogP contribution in [0.15, 0.2) is 59.0 Å². The first-order chi connectivity index (χ1) is 11.1. The Morgan fingerprint density at radius 3 is 2.65 bits per heavy atom. The fraction of sp³-hybridized carbons (Fsp3) is 0.0625. The molecule has 7 heteroatoms. The molecule has 0 aliphatic heterocycles. The molecule has 0 bridgehead atoms. The predicted octanol–water partition coefficient (Wildman–Crippen LogP) is 3.20. The van der Waals surface area contributed by atoms with E-state index in [2.05, 4.69) is 26.2 Å². The van der Waals surface area contributed by atoms with E-state index in [4.69, 9.17) is 4.74 Å². The van der Waals surface area contributed by atoms with E-state index >= 15 is 0 Å². The van der Waals surface area contributed by atoms with Crippen molar-refractivity contribution >= 4 is 34.1 Å². The Bertz CT molecular complexity index is 732. The second-order valence-electron chi connectivity index (χ2n) is 4.45. The van der Waals surface area contributed by atoms with Gasteiger partial charge in [-0.25, -0.2) is 9.59 Å². The number of ether oxygens (including phenoxy) is 1. The van der Waals surface area contributed by atoms with Gasteiger partial charge in [0.15, 0.2) is 0 Å². The molecule has 0 spiro atoms. The molecule has 0 aliphatic carbocycles. The Hall–Kier alpha value is -2.67. The van der Waals surface area contributed by atoms with Crippen molar-refractivity contribution in [1.82, 2.24) is 10.3 Å². The standard InChI is InChI=1S/C16H13BrN2O4/c17-13-9-18-7-6-12(13)8-14(15(20)21)19-16(22)23-10-11-4-2-1-3-5-11/h1-9H,10H2,(H,19,22)(H,20,21)/b14-8-. The highest BCUT2D eigenvalue weighted by Gasteiger charge is 2.13. The summed E-state index contributed by atoms with van der Waals surface area (Å²) < 4.78 is 5.61. The van der Waals surface area contributed by atoms with Crippen LogP contribution in [0.3, 0.4) is 0 Å². The SMILES string of the molecule is O=C(N/C(=C\c1ccncc1Br)C(=O)O)OCc1ccccc1. The maximum atomic E-state index is 11.7. The largest absolute Gasteiger partial charge is 0.477 e. The lowest BCUT2D eigenvalue weighted by molar-refractivity contribution is -0.132. The lowest BCUT2D eigenvalue weighted by atomic mass is 10.2. The fourth-order valence-electron chi connectivity index (χ4n) is 1.68. The molecule has 118 valence electrons. The topological polar surface area (TPSA) is 88.5 Å². The van der Waals surface area contributed by atoms with Crippen molar-refractivity contribution < 1.29 is 19.4 Å². The molecule has 2 aromatic rings. The van der Waals surface area contributed by atoms with Crippen molar-refractivity contribution in [3.8, 4) is 0 Å². The third-order valence-corrected chi connectivity index (χ3v) is 3.45. The predicted molar refractivity (Wildman–Crippen MR) is 87.3 cm³/mol. The summed E-state index contributed by atoms with van der Waals surface area (Å²) in [6, 6.07) is 10.7. The van der Waals surface area contributed by atoms with Crippen LogP contribution < -0.4 is 5.32 Å². The number of benzene rings is 1. The van der Waals surface area contributed by atoms with Crippen molar-refractivity contribution in [1.29, 1.82) is 0 Å². The monoisotopic (exact) mass is 376 g/mol. The van der Waals surface area contributed by atoms with E-state index in [1.54, 1.807) is 18.2 Å². The summed E-state index contributed by atoms with van der Waals surface area (Å²) >= 11 is 3.26. The summed E-state index contributed by atoms with van der Waals surface area (Å²) in [5.41, 5.74) is 1.08. The van der Waals surface area contributed by atoms with E-state index in [0.717, 1.165) is 5.56 Å². The van der Waals surface area contributed by atoms with Crippen LogP contribution in [0.1, 0.15) is 11.1 Å². The third-order valence-electron chi connectivity index (χ3n) is 2.78. The number of carbonyl (C=O) groups excluding carboxylic acids is 1. The highest BCUT2D eigenvalue weighted by Crippen LogP contribution is 2.17. The van der Waals surface area contributed by atoms with E-state index in [9.17, 15) is 14.7 Å². The van der Waals surface area contributed by atoms with E-state index in [-0.39, 0.29) is 12.3 Å². The number of nitrogens with zero attached hydrogens (tertiary/aromatic N) is 1. The van der Waals surface area contributed by atoms with Crippen molar-refractivity contribution in [3.63, 3.8) is 0 Å². The molecule has 1 amide bonds. The normalized spacial score (nSPS) is 10.9. The minimum atomic E-state index is -1.27. The number of carbonyl (C=O) groups is 2. The van der Waals surface area contributed by atoms with Crippen molar-refractivity contribution in [2.24, 2.45) is 0 Å². The number of carboxylic acids is 1. The van der Waals surface area contributed by atoms with Crippen LogP contribution in [-0.4, -0.2) is 22.2 Å². The number of carboxylic acid groups (broad SMARTS) is 1. The third kappa shape index (κ3) is 5.23. The van der Waals surface area contributed by atoms with Crippen LogP contribution in [0.2, 0.25) is 0 Å². The van der Waals surface area contributed by atoms with Crippen molar-refractivity contribution in [3.05, 3.63) is 70.1 Å². The van der Waals surface area contributed by atoms with Crippen molar-refractivity contribution in [2.45, 2.75) is 6.61 Å². The Morgan fingerprint density at radius 1 is 1.26 bits per heavy atom. The second kappa shape index (κ2) is 8.09. The first-order valence-electron chi connectivity index (χ1n) is 6.58. The molecule has 2 rings (SSSR count). The molecule has 6 nitrogen and oxygen atoms in total. The van der Waals surface area contributed by atoms with Gasteiger partial charge in [0.1, 0.15) is 12.3 Å². The van der Waals surface area contributed by atoms with Gasteiger partial charge < -0.3 is 9.84 Å². The first kappa shape index (κ1) is 16.7.